The highest BCUT2D eigenvalue weighted by Crippen LogP contribution is 2.36. The number of imide groups is 1. The van der Waals surface area contributed by atoms with Crippen LogP contribution in [0, 0.1) is 0 Å². The molecule has 1 fully saturated rings. The topological polar surface area (TPSA) is 126 Å². The van der Waals surface area contributed by atoms with Gasteiger partial charge in [0.1, 0.15) is 31.3 Å². The van der Waals surface area contributed by atoms with E-state index in [4.69, 9.17) is 9.47 Å². The standard InChI is InChI=1S/C19H24N4O6/c1-4-20-16(25)11(2)21-15(24)10-23-17(26)19(3,22-18(23)27)12-5-6-13-14(9-12)29-8-7-28-13/h5-6,9,11H,4,7-8,10H2,1-3H3,(H,20,25)(H,21,24)(H,22,27)/t11-,19+/m1/s1. The zero-order valence-electron chi connectivity index (χ0n) is 16.5. The Kier molecular flexibility index (Phi) is 5.62. The zero-order chi connectivity index (χ0) is 21.2. The van der Waals surface area contributed by atoms with Crippen molar-refractivity contribution >= 4 is 23.8 Å². The number of fused-ring (bicyclic) bond motifs is 1. The van der Waals surface area contributed by atoms with Gasteiger partial charge in [0.25, 0.3) is 5.91 Å². The van der Waals surface area contributed by atoms with Crippen molar-refractivity contribution < 1.29 is 28.7 Å². The highest BCUT2D eigenvalue weighted by molar-refractivity contribution is 6.09. The van der Waals surface area contributed by atoms with Crippen LogP contribution in [-0.4, -0.2) is 61.0 Å². The van der Waals surface area contributed by atoms with Crippen molar-refractivity contribution in [2.45, 2.75) is 32.4 Å². The smallest absolute Gasteiger partial charge is 0.325 e. The minimum absolute atomic E-state index is 0.348. The molecule has 2 aliphatic heterocycles. The van der Waals surface area contributed by atoms with Gasteiger partial charge in [-0.1, -0.05) is 6.07 Å². The highest BCUT2D eigenvalue weighted by atomic mass is 16.6. The number of benzene rings is 1. The third-order valence-electron chi connectivity index (χ3n) is 4.82. The fraction of sp³-hybridized carbons (Fsp3) is 0.474. The first-order chi connectivity index (χ1) is 13.8. The zero-order valence-corrected chi connectivity index (χ0v) is 16.5. The number of carbonyl (C=O) groups is 4. The monoisotopic (exact) mass is 404 g/mol. The number of ether oxygens (including phenoxy) is 2. The van der Waals surface area contributed by atoms with E-state index in [2.05, 4.69) is 16.0 Å². The third kappa shape index (κ3) is 3.96. The summed E-state index contributed by atoms with van der Waals surface area (Å²) in [6, 6.07) is 3.53. The second kappa shape index (κ2) is 7.98. The van der Waals surface area contributed by atoms with Gasteiger partial charge in [0.15, 0.2) is 11.5 Å². The molecule has 1 saturated heterocycles. The lowest BCUT2D eigenvalue weighted by Gasteiger charge is -2.25. The summed E-state index contributed by atoms with van der Waals surface area (Å²) in [5.41, 5.74) is -0.836. The number of likely N-dealkylation sites (N-methyl/N-ethyl adjacent to an activating group) is 1. The van der Waals surface area contributed by atoms with Crippen molar-refractivity contribution in [3.8, 4) is 11.5 Å². The second-order valence-electron chi connectivity index (χ2n) is 6.99. The molecule has 10 heteroatoms. The van der Waals surface area contributed by atoms with Crippen LogP contribution in [0.2, 0.25) is 0 Å². The number of nitrogens with zero attached hydrogens (tertiary/aromatic N) is 1. The van der Waals surface area contributed by atoms with E-state index in [1.807, 2.05) is 0 Å². The maximum absolute atomic E-state index is 13.0. The summed E-state index contributed by atoms with van der Waals surface area (Å²) in [6.45, 7) is 5.62. The predicted molar refractivity (Wildman–Crippen MR) is 101 cm³/mol. The Morgan fingerprint density at radius 2 is 1.93 bits per heavy atom. The number of hydrogen-bond acceptors (Lipinski definition) is 6. The summed E-state index contributed by atoms with van der Waals surface area (Å²) in [6.07, 6.45) is 0. The van der Waals surface area contributed by atoms with E-state index < -0.39 is 36.0 Å². The molecule has 5 amide bonds. The summed E-state index contributed by atoms with van der Waals surface area (Å²) < 4.78 is 11.0. The van der Waals surface area contributed by atoms with Gasteiger partial charge in [-0.15, -0.1) is 0 Å². The lowest BCUT2D eigenvalue weighted by Crippen LogP contribution is -2.49. The molecule has 2 aliphatic rings. The van der Waals surface area contributed by atoms with Crippen LogP contribution in [0.4, 0.5) is 4.79 Å². The van der Waals surface area contributed by atoms with Crippen LogP contribution in [0.25, 0.3) is 0 Å². The third-order valence-corrected chi connectivity index (χ3v) is 4.82. The van der Waals surface area contributed by atoms with Gasteiger partial charge in [0.2, 0.25) is 11.8 Å². The molecular formula is C19H24N4O6. The Morgan fingerprint density at radius 1 is 1.24 bits per heavy atom. The predicted octanol–water partition coefficient (Wildman–Crippen LogP) is -0.134. The first-order valence-corrected chi connectivity index (χ1v) is 9.37. The Morgan fingerprint density at radius 3 is 2.62 bits per heavy atom. The van der Waals surface area contributed by atoms with Crippen LogP contribution in [0.3, 0.4) is 0 Å². The van der Waals surface area contributed by atoms with E-state index >= 15 is 0 Å². The van der Waals surface area contributed by atoms with Gasteiger partial charge in [0, 0.05) is 6.54 Å². The lowest BCUT2D eigenvalue weighted by molar-refractivity contribution is -0.135. The molecule has 3 rings (SSSR count). The first kappa shape index (κ1) is 20.4. The van der Waals surface area contributed by atoms with Crippen LogP contribution in [0.5, 0.6) is 11.5 Å². The number of urea groups is 1. The maximum Gasteiger partial charge on any atom is 0.325 e. The molecule has 1 aromatic carbocycles. The summed E-state index contributed by atoms with van der Waals surface area (Å²) in [7, 11) is 0. The minimum atomic E-state index is -1.35. The van der Waals surface area contributed by atoms with Crippen LogP contribution in [0.15, 0.2) is 18.2 Å². The summed E-state index contributed by atoms with van der Waals surface area (Å²) >= 11 is 0. The second-order valence-corrected chi connectivity index (χ2v) is 6.99. The van der Waals surface area contributed by atoms with E-state index in [-0.39, 0.29) is 5.91 Å². The van der Waals surface area contributed by atoms with Gasteiger partial charge in [0.05, 0.1) is 0 Å². The fourth-order valence-electron chi connectivity index (χ4n) is 3.21. The molecule has 29 heavy (non-hydrogen) atoms. The Bertz CT molecular complexity index is 857. The normalized spacial score (nSPS) is 21.4. The highest BCUT2D eigenvalue weighted by Gasteiger charge is 2.49. The van der Waals surface area contributed by atoms with Crippen molar-refractivity contribution in [3.63, 3.8) is 0 Å². The molecule has 0 aliphatic carbocycles. The quantitative estimate of drug-likeness (QED) is 0.567. The largest absolute Gasteiger partial charge is 0.486 e. The van der Waals surface area contributed by atoms with Gasteiger partial charge in [-0.25, -0.2) is 4.79 Å². The summed E-state index contributed by atoms with van der Waals surface area (Å²) in [5.74, 6) is -0.474. The van der Waals surface area contributed by atoms with Crippen molar-refractivity contribution in [2.75, 3.05) is 26.3 Å². The molecule has 0 bridgehead atoms. The number of amides is 5. The van der Waals surface area contributed by atoms with Crippen LogP contribution >= 0.6 is 0 Å². The SMILES string of the molecule is CCNC(=O)[C@@H](C)NC(=O)CN1C(=O)N[C@@](C)(c2ccc3c(c2)OCCO3)C1=O. The summed E-state index contributed by atoms with van der Waals surface area (Å²) in [5, 5.41) is 7.70. The molecular weight excluding hydrogens is 380 g/mol. The van der Waals surface area contributed by atoms with E-state index in [1.165, 1.54) is 6.92 Å². The van der Waals surface area contributed by atoms with Gasteiger partial charge in [-0.2, -0.15) is 0 Å². The van der Waals surface area contributed by atoms with E-state index in [1.54, 1.807) is 32.0 Å². The fourth-order valence-corrected chi connectivity index (χ4v) is 3.21. The molecule has 156 valence electrons. The van der Waals surface area contributed by atoms with Crippen molar-refractivity contribution in [2.24, 2.45) is 0 Å². The number of nitrogens with one attached hydrogen (secondary N) is 3. The molecule has 2 atom stereocenters. The van der Waals surface area contributed by atoms with Crippen LogP contribution in [-0.2, 0) is 19.9 Å². The van der Waals surface area contributed by atoms with Crippen molar-refractivity contribution in [1.82, 2.24) is 20.9 Å². The number of hydrogen-bond donors (Lipinski definition) is 3. The molecule has 0 unspecified atom stereocenters. The van der Waals surface area contributed by atoms with Gasteiger partial charge in [-0.3, -0.25) is 19.3 Å². The molecule has 0 aromatic heterocycles. The maximum atomic E-state index is 13.0. The van der Waals surface area contributed by atoms with E-state index in [0.29, 0.717) is 36.8 Å². The van der Waals surface area contributed by atoms with E-state index in [0.717, 1.165) is 4.90 Å². The average Bonchev–Trinajstić information content (AvgIpc) is 2.91. The van der Waals surface area contributed by atoms with Crippen LogP contribution < -0.4 is 25.4 Å². The van der Waals surface area contributed by atoms with E-state index in [9.17, 15) is 19.2 Å². The van der Waals surface area contributed by atoms with Crippen LogP contribution in [0.1, 0.15) is 26.3 Å². The molecule has 2 heterocycles. The van der Waals surface area contributed by atoms with Gasteiger partial charge < -0.3 is 25.4 Å². The molecule has 10 nitrogen and oxygen atoms in total. The molecule has 3 N–H and O–H groups in total. The lowest BCUT2D eigenvalue weighted by atomic mass is 9.91. The molecule has 0 radical (unpaired) electrons. The minimum Gasteiger partial charge on any atom is -0.486 e. The van der Waals surface area contributed by atoms with Crippen molar-refractivity contribution in [1.29, 1.82) is 0 Å². The van der Waals surface area contributed by atoms with Gasteiger partial charge in [-0.05, 0) is 38.5 Å². The number of rotatable bonds is 6. The van der Waals surface area contributed by atoms with Gasteiger partial charge >= 0.3 is 6.03 Å². The first-order valence-electron chi connectivity index (χ1n) is 9.37. The average molecular weight is 404 g/mol. The molecule has 1 aromatic rings. The molecule has 0 saturated carbocycles. The molecule has 0 spiro atoms. The summed E-state index contributed by atoms with van der Waals surface area (Å²) in [4.78, 5) is 50.2. The Labute approximate surface area is 167 Å². The van der Waals surface area contributed by atoms with Crippen molar-refractivity contribution in [3.05, 3.63) is 23.8 Å². The Balaban J connectivity index is 1.72. The number of carbonyl (C=O) groups excluding carboxylic acids is 4. The Hall–Kier alpha value is -3.30.